The standard InChI is InChI=1S/C51H47N5O7/c1-61-50(60)44(30-42-33-56(36-54-42)51(39-22-11-4-12-23-39,40-24-13-5-14-25-40)41-26-15-6-16-27-41)55-47(58)32-52-46(57)31-53-49(59)43-28-17-29-45(62-34-37-18-7-2-8-19-37)48(43)63-35-38-20-9-3-10-21-38/h2-29,33,36,44H,30-32,34-35H2,1H3,(H,52,57)(H,53,59)(H,55,58)/t44-/m0/s1. The summed E-state index contributed by atoms with van der Waals surface area (Å²) in [4.78, 5) is 57.4. The highest BCUT2D eigenvalue weighted by molar-refractivity contribution is 6.00. The average molecular weight is 842 g/mol. The van der Waals surface area contributed by atoms with Crippen molar-refractivity contribution in [3.63, 3.8) is 0 Å². The van der Waals surface area contributed by atoms with Gasteiger partial charge in [0.25, 0.3) is 5.91 Å². The van der Waals surface area contributed by atoms with Gasteiger partial charge in [-0.2, -0.15) is 0 Å². The number of nitrogens with one attached hydrogen (secondary N) is 3. The van der Waals surface area contributed by atoms with Gasteiger partial charge in [-0.15, -0.1) is 0 Å². The quantitative estimate of drug-likeness (QED) is 0.0608. The van der Waals surface area contributed by atoms with Gasteiger partial charge in [-0.05, 0) is 39.9 Å². The van der Waals surface area contributed by atoms with Crippen molar-refractivity contribution in [2.75, 3.05) is 20.2 Å². The first-order valence-electron chi connectivity index (χ1n) is 20.4. The van der Waals surface area contributed by atoms with Crippen molar-refractivity contribution in [1.82, 2.24) is 25.5 Å². The van der Waals surface area contributed by atoms with Crippen LogP contribution in [0.4, 0.5) is 0 Å². The molecule has 0 bridgehead atoms. The number of rotatable bonds is 19. The predicted octanol–water partition coefficient (Wildman–Crippen LogP) is 6.63. The fourth-order valence-corrected chi connectivity index (χ4v) is 7.35. The van der Waals surface area contributed by atoms with Gasteiger partial charge in [0, 0.05) is 12.6 Å². The van der Waals surface area contributed by atoms with Crippen molar-refractivity contribution < 1.29 is 33.4 Å². The molecule has 0 fully saturated rings. The number of methoxy groups -OCH3 is 1. The van der Waals surface area contributed by atoms with Crippen molar-refractivity contribution in [3.05, 3.63) is 221 Å². The number of amides is 3. The summed E-state index contributed by atoms with van der Waals surface area (Å²) >= 11 is 0. The molecular weight excluding hydrogens is 795 g/mol. The van der Waals surface area contributed by atoms with Crippen LogP contribution in [0.15, 0.2) is 182 Å². The summed E-state index contributed by atoms with van der Waals surface area (Å²) in [7, 11) is 1.24. The molecule has 7 rings (SSSR count). The number of aromatic nitrogens is 2. The Morgan fingerprint density at radius 3 is 1.65 bits per heavy atom. The number of ether oxygens (including phenoxy) is 3. The van der Waals surface area contributed by atoms with Crippen molar-refractivity contribution in [1.29, 1.82) is 0 Å². The zero-order chi connectivity index (χ0) is 43.9. The Labute approximate surface area is 365 Å². The molecule has 63 heavy (non-hydrogen) atoms. The summed E-state index contributed by atoms with van der Waals surface area (Å²) < 4.78 is 19.3. The van der Waals surface area contributed by atoms with E-state index < -0.39 is 48.4 Å². The monoisotopic (exact) mass is 841 g/mol. The van der Waals surface area contributed by atoms with Crippen molar-refractivity contribution >= 4 is 23.7 Å². The molecule has 0 saturated carbocycles. The predicted molar refractivity (Wildman–Crippen MR) is 238 cm³/mol. The molecule has 0 aliphatic rings. The van der Waals surface area contributed by atoms with E-state index in [0.717, 1.165) is 27.8 Å². The lowest BCUT2D eigenvalue weighted by molar-refractivity contribution is -0.145. The molecule has 6 aromatic carbocycles. The summed E-state index contributed by atoms with van der Waals surface area (Å²) in [6.45, 7) is -0.490. The molecule has 3 N–H and O–H groups in total. The maximum Gasteiger partial charge on any atom is 0.328 e. The van der Waals surface area contributed by atoms with Gasteiger partial charge < -0.3 is 34.7 Å². The number of nitrogens with zero attached hydrogens (tertiary/aromatic N) is 2. The molecule has 0 unspecified atom stereocenters. The van der Waals surface area contributed by atoms with E-state index in [0.29, 0.717) is 11.4 Å². The first-order valence-corrected chi connectivity index (χ1v) is 20.4. The maximum absolute atomic E-state index is 13.5. The van der Waals surface area contributed by atoms with Gasteiger partial charge in [0.1, 0.15) is 24.8 Å². The highest BCUT2D eigenvalue weighted by Gasteiger charge is 2.38. The molecule has 1 heterocycles. The van der Waals surface area contributed by atoms with E-state index >= 15 is 0 Å². The molecule has 12 heteroatoms. The topological polar surface area (TPSA) is 150 Å². The molecular formula is C51H47N5O7. The normalized spacial score (nSPS) is 11.4. The Hall–Kier alpha value is -7.99. The minimum Gasteiger partial charge on any atom is -0.485 e. The van der Waals surface area contributed by atoms with Crippen LogP contribution in [0.5, 0.6) is 11.5 Å². The van der Waals surface area contributed by atoms with Gasteiger partial charge in [-0.25, -0.2) is 9.78 Å². The smallest absolute Gasteiger partial charge is 0.328 e. The Kier molecular flexibility index (Phi) is 14.4. The van der Waals surface area contributed by atoms with Crippen LogP contribution in [-0.4, -0.2) is 59.5 Å². The number of carbonyl (C=O) groups is 4. The number of hydrogen-bond donors (Lipinski definition) is 3. The van der Waals surface area contributed by atoms with Gasteiger partial charge >= 0.3 is 5.97 Å². The van der Waals surface area contributed by atoms with E-state index in [1.807, 2.05) is 126 Å². The minimum absolute atomic E-state index is 0.00662. The highest BCUT2D eigenvalue weighted by Crippen LogP contribution is 2.41. The molecule has 0 aliphatic heterocycles. The van der Waals surface area contributed by atoms with E-state index in [9.17, 15) is 19.2 Å². The van der Waals surface area contributed by atoms with E-state index in [2.05, 4.69) is 52.3 Å². The molecule has 0 radical (unpaired) electrons. The molecule has 12 nitrogen and oxygen atoms in total. The Morgan fingerprint density at radius 1 is 0.603 bits per heavy atom. The third-order valence-electron chi connectivity index (χ3n) is 10.4. The molecule has 3 amide bonds. The Morgan fingerprint density at radius 2 is 1.11 bits per heavy atom. The third kappa shape index (κ3) is 10.7. The molecule has 318 valence electrons. The highest BCUT2D eigenvalue weighted by atomic mass is 16.5. The van der Waals surface area contributed by atoms with E-state index in [-0.39, 0.29) is 30.9 Å². The average Bonchev–Trinajstić information content (AvgIpc) is 3.81. The summed E-state index contributed by atoms with van der Waals surface area (Å²) in [6.07, 6.45) is 3.59. The van der Waals surface area contributed by atoms with Crippen LogP contribution in [0.3, 0.4) is 0 Å². The van der Waals surface area contributed by atoms with Crippen molar-refractivity contribution in [3.8, 4) is 11.5 Å². The first kappa shape index (κ1) is 43.1. The van der Waals surface area contributed by atoms with E-state index in [1.54, 1.807) is 24.5 Å². The lowest BCUT2D eigenvalue weighted by Crippen LogP contribution is -2.48. The fraction of sp³-hybridized carbons (Fsp3) is 0.157. The van der Waals surface area contributed by atoms with Crippen LogP contribution in [0.2, 0.25) is 0 Å². The van der Waals surface area contributed by atoms with E-state index in [4.69, 9.17) is 19.2 Å². The number of imidazole rings is 1. The largest absolute Gasteiger partial charge is 0.485 e. The van der Waals surface area contributed by atoms with Crippen LogP contribution < -0.4 is 25.4 Å². The molecule has 1 atom stereocenters. The van der Waals surface area contributed by atoms with Crippen LogP contribution in [-0.2, 0) is 44.3 Å². The number of benzene rings is 6. The molecule has 0 saturated heterocycles. The zero-order valence-corrected chi connectivity index (χ0v) is 34.7. The van der Waals surface area contributed by atoms with Crippen molar-refractivity contribution in [2.24, 2.45) is 0 Å². The summed E-state index contributed by atoms with van der Waals surface area (Å²) in [5, 5.41) is 7.80. The molecule has 1 aromatic heterocycles. The maximum atomic E-state index is 13.5. The summed E-state index contributed by atoms with van der Waals surface area (Å²) in [5.41, 5.74) is 4.67. The van der Waals surface area contributed by atoms with Crippen LogP contribution in [0.1, 0.15) is 43.9 Å². The molecule has 0 aliphatic carbocycles. The first-order chi connectivity index (χ1) is 30.8. The Balaban J connectivity index is 1.00. The second-order valence-corrected chi connectivity index (χ2v) is 14.6. The van der Waals surface area contributed by atoms with Gasteiger partial charge in [-0.1, -0.05) is 158 Å². The second kappa shape index (κ2) is 21.0. The van der Waals surface area contributed by atoms with E-state index in [1.165, 1.54) is 7.11 Å². The SMILES string of the molecule is COC(=O)[C@H](Cc1cn(C(c2ccccc2)(c2ccccc2)c2ccccc2)cn1)NC(=O)CNC(=O)CNC(=O)c1cccc(OCc2ccccc2)c1OCc1ccccc1. The van der Waals surface area contributed by atoms with Crippen molar-refractivity contribution in [2.45, 2.75) is 31.2 Å². The molecule has 7 aromatic rings. The molecule has 0 spiro atoms. The minimum atomic E-state index is -1.12. The second-order valence-electron chi connectivity index (χ2n) is 14.6. The fourth-order valence-electron chi connectivity index (χ4n) is 7.35. The lowest BCUT2D eigenvalue weighted by atomic mass is 9.77. The summed E-state index contributed by atoms with van der Waals surface area (Å²) in [6, 6.07) is 53.2. The van der Waals surface area contributed by atoms with Crippen LogP contribution in [0.25, 0.3) is 0 Å². The van der Waals surface area contributed by atoms with Crippen LogP contribution in [0, 0.1) is 0 Å². The van der Waals surface area contributed by atoms with Gasteiger partial charge in [0.15, 0.2) is 11.5 Å². The van der Waals surface area contributed by atoms with Gasteiger partial charge in [0.05, 0.1) is 37.8 Å². The summed E-state index contributed by atoms with van der Waals surface area (Å²) in [5.74, 6) is -1.95. The third-order valence-corrected chi connectivity index (χ3v) is 10.4. The number of para-hydroxylation sites is 1. The number of hydrogen-bond acceptors (Lipinski definition) is 8. The number of esters is 1. The Bertz CT molecular complexity index is 2490. The van der Waals surface area contributed by atoms with Gasteiger partial charge in [0.2, 0.25) is 11.8 Å². The number of carbonyl (C=O) groups excluding carboxylic acids is 4. The zero-order valence-electron chi connectivity index (χ0n) is 34.7. The lowest BCUT2D eigenvalue weighted by Gasteiger charge is -2.37. The van der Waals surface area contributed by atoms with Crippen LogP contribution >= 0.6 is 0 Å². The van der Waals surface area contributed by atoms with Gasteiger partial charge in [-0.3, -0.25) is 14.4 Å².